The Balaban J connectivity index is 0.000000134. The van der Waals surface area contributed by atoms with Crippen LogP contribution >= 0.6 is 0 Å². The third-order valence-corrected chi connectivity index (χ3v) is 5.57. The molecular formula is C28H31NO. The largest absolute Gasteiger partial charge is 0.399 e. The topological polar surface area (TPSA) is 43.1 Å². The molecule has 0 saturated heterocycles. The summed E-state index contributed by atoms with van der Waals surface area (Å²) in [6, 6.07) is 24.0. The lowest BCUT2D eigenvalue weighted by Gasteiger charge is -2.00. The average Bonchev–Trinajstić information content (AvgIpc) is 3.41. The molecule has 1 fully saturated rings. The third-order valence-electron chi connectivity index (χ3n) is 5.57. The van der Waals surface area contributed by atoms with Crippen molar-refractivity contribution in [1.82, 2.24) is 0 Å². The van der Waals surface area contributed by atoms with Crippen molar-refractivity contribution in [1.29, 1.82) is 0 Å². The van der Waals surface area contributed by atoms with Gasteiger partial charge in [-0.25, -0.2) is 0 Å². The van der Waals surface area contributed by atoms with E-state index in [2.05, 4.69) is 24.3 Å². The fraction of sp³-hybridized carbons (Fsp3) is 0.250. The molecule has 0 amide bonds. The maximum Gasteiger partial charge on any atom is 0.150 e. The highest BCUT2D eigenvalue weighted by Gasteiger charge is 2.25. The van der Waals surface area contributed by atoms with Gasteiger partial charge < -0.3 is 5.73 Å². The lowest BCUT2D eigenvalue weighted by molar-refractivity contribution is 0.112. The molecule has 3 aromatic rings. The van der Waals surface area contributed by atoms with Gasteiger partial charge in [-0.3, -0.25) is 4.79 Å². The molecule has 5 rings (SSSR count). The van der Waals surface area contributed by atoms with E-state index in [1.807, 2.05) is 74.5 Å². The fourth-order valence-electron chi connectivity index (χ4n) is 4.10. The zero-order chi connectivity index (χ0) is 21.3. The molecule has 2 N–H and O–H groups in total. The smallest absolute Gasteiger partial charge is 0.150 e. The van der Waals surface area contributed by atoms with Crippen molar-refractivity contribution in [2.75, 3.05) is 5.73 Å². The summed E-state index contributed by atoms with van der Waals surface area (Å²) in [4.78, 5) is 10.3. The second-order valence-electron chi connectivity index (χ2n) is 8.25. The van der Waals surface area contributed by atoms with Crippen molar-refractivity contribution in [3.63, 3.8) is 0 Å². The highest BCUT2D eigenvalue weighted by molar-refractivity contribution is 5.75. The van der Waals surface area contributed by atoms with Gasteiger partial charge in [0.25, 0.3) is 0 Å². The number of rotatable bonds is 2. The predicted octanol–water partition coefficient (Wildman–Crippen LogP) is 7.02. The van der Waals surface area contributed by atoms with E-state index < -0.39 is 0 Å². The van der Waals surface area contributed by atoms with E-state index in [4.69, 9.17) is 5.73 Å². The number of anilines is 1. The van der Waals surface area contributed by atoms with Crippen LogP contribution in [0.4, 0.5) is 5.69 Å². The molecule has 2 aliphatic rings. The Morgan fingerprint density at radius 2 is 1.30 bits per heavy atom. The van der Waals surface area contributed by atoms with Gasteiger partial charge in [-0.15, -0.1) is 0 Å². The molecule has 2 atom stereocenters. The SMILES string of the molecule is C1=CC2CCC1C2.Cc1cc(C)cc(C=O)c1.Nc1ccc(-c2ccccc2)cc1. The number of nitrogens with two attached hydrogens (primary N) is 1. The van der Waals surface area contributed by atoms with Crippen LogP contribution in [-0.2, 0) is 0 Å². The van der Waals surface area contributed by atoms with Crippen molar-refractivity contribution < 1.29 is 4.79 Å². The van der Waals surface area contributed by atoms with Gasteiger partial charge >= 0.3 is 0 Å². The van der Waals surface area contributed by atoms with Crippen LogP contribution in [-0.4, -0.2) is 6.29 Å². The number of aldehydes is 1. The summed E-state index contributed by atoms with van der Waals surface area (Å²) >= 11 is 0. The molecule has 0 spiro atoms. The Hall–Kier alpha value is -3.13. The summed E-state index contributed by atoms with van der Waals surface area (Å²) in [6.07, 6.45) is 10.1. The predicted molar refractivity (Wildman–Crippen MR) is 128 cm³/mol. The zero-order valence-corrected chi connectivity index (χ0v) is 17.9. The Bertz CT molecular complexity index is 941. The van der Waals surface area contributed by atoms with E-state index >= 15 is 0 Å². The highest BCUT2D eigenvalue weighted by atomic mass is 16.1. The van der Waals surface area contributed by atoms with Gasteiger partial charge in [0, 0.05) is 11.3 Å². The summed E-state index contributed by atoms with van der Waals surface area (Å²) in [6.45, 7) is 3.97. The molecule has 2 aliphatic carbocycles. The number of fused-ring (bicyclic) bond motifs is 2. The second-order valence-corrected chi connectivity index (χ2v) is 8.25. The summed E-state index contributed by atoms with van der Waals surface area (Å²) in [5.74, 6) is 1.98. The van der Waals surface area contributed by atoms with Crippen LogP contribution in [0, 0.1) is 25.7 Å². The van der Waals surface area contributed by atoms with Gasteiger partial charge in [0.1, 0.15) is 6.29 Å². The molecule has 0 heterocycles. The molecule has 1 saturated carbocycles. The standard InChI is InChI=1S/C12H11N.C9H10O.C7H10/c13-12-8-6-11(7-9-12)10-4-2-1-3-5-10;1-7-3-8(2)5-9(4-7)6-10;1-2-7-4-3-6(1)5-7/h1-9H,13H2;3-6H,1-2H3;1-2,6-7H,3-5H2. The number of carbonyl (C=O) groups is 1. The van der Waals surface area contributed by atoms with Gasteiger partial charge in [-0.05, 0) is 80.3 Å². The van der Waals surface area contributed by atoms with Crippen molar-refractivity contribution in [2.45, 2.75) is 33.1 Å². The third kappa shape index (κ3) is 6.45. The summed E-state index contributed by atoms with van der Waals surface area (Å²) in [5, 5.41) is 0. The van der Waals surface area contributed by atoms with Gasteiger partial charge in [0.2, 0.25) is 0 Å². The molecule has 154 valence electrons. The van der Waals surface area contributed by atoms with Crippen molar-refractivity contribution in [3.8, 4) is 11.1 Å². The minimum absolute atomic E-state index is 0.762. The molecule has 0 aliphatic heterocycles. The molecule has 2 nitrogen and oxygen atoms in total. The molecule has 3 aromatic carbocycles. The monoisotopic (exact) mass is 397 g/mol. The minimum atomic E-state index is 0.762. The quantitative estimate of drug-likeness (QED) is 0.287. The van der Waals surface area contributed by atoms with Crippen molar-refractivity contribution >= 4 is 12.0 Å². The Kier molecular flexibility index (Phi) is 7.62. The number of benzene rings is 3. The number of allylic oxidation sites excluding steroid dienone is 2. The van der Waals surface area contributed by atoms with Gasteiger partial charge in [0.05, 0.1) is 0 Å². The maximum absolute atomic E-state index is 10.3. The summed E-state index contributed by atoms with van der Waals surface area (Å²) < 4.78 is 0. The van der Waals surface area contributed by atoms with Crippen molar-refractivity contribution in [2.24, 2.45) is 11.8 Å². The van der Waals surface area contributed by atoms with Crippen LogP contribution in [0.15, 0.2) is 84.9 Å². The Labute approximate surface area is 180 Å². The normalized spacial score (nSPS) is 18.1. The molecule has 0 radical (unpaired) electrons. The highest BCUT2D eigenvalue weighted by Crippen LogP contribution is 2.38. The van der Waals surface area contributed by atoms with E-state index in [0.29, 0.717) is 0 Å². The number of hydrogen-bond acceptors (Lipinski definition) is 2. The Morgan fingerprint density at radius 1 is 0.767 bits per heavy atom. The average molecular weight is 398 g/mol. The lowest BCUT2D eigenvalue weighted by Crippen LogP contribution is -1.83. The van der Waals surface area contributed by atoms with E-state index in [1.165, 1.54) is 30.4 Å². The van der Waals surface area contributed by atoms with Gasteiger partial charge in [0.15, 0.2) is 0 Å². The first kappa shape index (κ1) is 21.6. The van der Waals surface area contributed by atoms with E-state index in [9.17, 15) is 4.79 Å². The second kappa shape index (κ2) is 10.6. The maximum atomic E-state index is 10.3. The van der Waals surface area contributed by atoms with Gasteiger partial charge in [-0.1, -0.05) is 71.8 Å². The number of aryl methyl sites for hydroxylation is 2. The first-order valence-electron chi connectivity index (χ1n) is 10.7. The lowest BCUT2D eigenvalue weighted by atomic mass is 10.1. The first-order chi connectivity index (χ1) is 14.5. The van der Waals surface area contributed by atoms with Crippen LogP contribution in [0.25, 0.3) is 11.1 Å². The van der Waals surface area contributed by atoms with Crippen LogP contribution in [0.2, 0.25) is 0 Å². The minimum Gasteiger partial charge on any atom is -0.399 e. The van der Waals surface area contributed by atoms with Crippen LogP contribution in [0.5, 0.6) is 0 Å². The first-order valence-corrected chi connectivity index (χ1v) is 10.7. The zero-order valence-electron chi connectivity index (χ0n) is 17.9. The van der Waals surface area contributed by atoms with Gasteiger partial charge in [-0.2, -0.15) is 0 Å². The number of hydrogen-bond donors (Lipinski definition) is 1. The molecule has 0 aromatic heterocycles. The molecule has 30 heavy (non-hydrogen) atoms. The summed E-state index contributed by atoms with van der Waals surface area (Å²) in [5.41, 5.74) is 11.9. The van der Waals surface area contributed by atoms with E-state index in [-0.39, 0.29) is 0 Å². The molecule has 2 bridgehead atoms. The summed E-state index contributed by atoms with van der Waals surface area (Å²) in [7, 11) is 0. The molecular weight excluding hydrogens is 366 g/mol. The van der Waals surface area contributed by atoms with Crippen LogP contribution < -0.4 is 5.73 Å². The van der Waals surface area contributed by atoms with E-state index in [0.717, 1.165) is 40.5 Å². The fourth-order valence-corrected chi connectivity index (χ4v) is 4.10. The number of carbonyl (C=O) groups excluding carboxylic acids is 1. The molecule has 2 unspecified atom stereocenters. The Morgan fingerprint density at radius 3 is 1.73 bits per heavy atom. The van der Waals surface area contributed by atoms with Crippen LogP contribution in [0.3, 0.4) is 0 Å². The van der Waals surface area contributed by atoms with E-state index in [1.54, 1.807) is 0 Å². The van der Waals surface area contributed by atoms with Crippen molar-refractivity contribution in [3.05, 3.63) is 102 Å². The molecule has 2 heteroatoms. The number of nitrogen functional groups attached to an aromatic ring is 1. The van der Waals surface area contributed by atoms with Crippen LogP contribution in [0.1, 0.15) is 40.7 Å².